The van der Waals surface area contributed by atoms with Crippen molar-refractivity contribution in [1.82, 2.24) is 25.8 Å². The molecule has 1 saturated carbocycles. The van der Waals surface area contributed by atoms with E-state index in [1.807, 2.05) is 106 Å². The van der Waals surface area contributed by atoms with Crippen LogP contribution in [0, 0.1) is 34.5 Å². The number of benzene rings is 4. The number of nitrogens with zero attached hydrogens (tertiary/aromatic N) is 3. The molecule has 0 unspecified atom stereocenters. The average molecular weight is 989 g/mol. The summed E-state index contributed by atoms with van der Waals surface area (Å²) in [5.41, 5.74) is 6.92. The van der Waals surface area contributed by atoms with E-state index < -0.39 is 35.4 Å². The topological polar surface area (TPSA) is 195 Å². The Labute approximate surface area is 419 Å². The SMILES string of the molecule is Cc1ncsc1-c1ccc(CNC(=O)[C@@H]2C[C@@H](O)CN2C(=O)[C@@H](NC(=O)COCCNc2ccc(-c3ccc(C(=O)NC4C(C)(C)C(Oc5ccc(C#N)c(Cl)c5)C4(C)C)cc3)cc2)C(C)(C)C)cc1. The van der Waals surface area contributed by atoms with Gasteiger partial charge in [0.2, 0.25) is 17.7 Å². The molecule has 5 N–H and O–H groups in total. The largest absolute Gasteiger partial charge is 0.489 e. The van der Waals surface area contributed by atoms with Crippen molar-refractivity contribution < 1.29 is 33.8 Å². The van der Waals surface area contributed by atoms with Crippen LogP contribution in [0.5, 0.6) is 5.75 Å². The van der Waals surface area contributed by atoms with Crippen LogP contribution in [-0.2, 0) is 25.7 Å². The molecular formula is C54H62ClN7O7S. The van der Waals surface area contributed by atoms with Gasteiger partial charge in [0.1, 0.15) is 36.6 Å². The molecule has 3 atom stereocenters. The Morgan fingerprint density at radius 2 is 1.59 bits per heavy atom. The molecule has 2 fully saturated rings. The summed E-state index contributed by atoms with van der Waals surface area (Å²) in [7, 11) is 0. The second kappa shape index (κ2) is 21.4. The molecule has 14 nitrogen and oxygen atoms in total. The molecule has 70 heavy (non-hydrogen) atoms. The highest BCUT2D eigenvalue weighted by molar-refractivity contribution is 7.13. The zero-order valence-electron chi connectivity index (χ0n) is 40.9. The van der Waals surface area contributed by atoms with E-state index in [9.17, 15) is 29.5 Å². The minimum Gasteiger partial charge on any atom is -0.489 e. The second-order valence-corrected chi connectivity index (χ2v) is 21.6. The number of hydrogen-bond acceptors (Lipinski definition) is 11. The van der Waals surface area contributed by atoms with Crippen LogP contribution in [0.3, 0.4) is 0 Å². The summed E-state index contributed by atoms with van der Waals surface area (Å²) in [5.74, 6) is -0.887. The third kappa shape index (κ3) is 11.6. The molecule has 7 rings (SSSR count). The van der Waals surface area contributed by atoms with Crippen molar-refractivity contribution in [3.05, 3.63) is 124 Å². The lowest BCUT2D eigenvalue weighted by Crippen LogP contribution is -2.74. The van der Waals surface area contributed by atoms with Crippen LogP contribution in [0.2, 0.25) is 5.02 Å². The molecule has 1 aliphatic heterocycles. The summed E-state index contributed by atoms with van der Waals surface area (Å²) < 4.78 is 12.1. The van der Waals surface area contributed by atoms with Crippen molar-refractivity contribution >= 4 is 52.3 Å². The van der Waals surface area contributed by atoms with Gasteiger partial charge in [0.15, 0.2) is 0 Å². The van der Waals surface area contributed by atoms with Gasteiger partial charge in [-0.05, 0) is 71.0 Å². The van der Waals surface area contributed by atoms with E-state index in [0.717, 1.165) is 38.5 Å². The quantitative estimate of drug-likeness (QED) is 0.0568. The Hall–Kier alpha value is -6.31. The normalized spacial score (nSPS) is 19.5. The molecule has 0 radical (unpaired) electrons. The number of halogens is 1. The molecular weight excluding hydrogens is 926 g/mol. The van der Waals surface area contributed by atoms with E-state index in [2.05, 4.69) is 60.0 Å². The van der Waals surface area contributed by atoms with Crippen molar-refractivity contribution in [2.75, 3.05) is 31.6 Å². The van der Waals surface area contributed by atoms with Gasteiger partial charge in [0, 0.05) is 60.2 Å². The minimum atomic E-state index is -0.971. The molecule has 1 aromatic heterocycles. The van der Waals surface area contributed by atoms with E-state index in [-0.39, 0.29) is 67.5 Å². The maximum Gasteiger partial charge on any atom is 0.251 e. The number of β-amino-alcohol motifs (C(OH)–C–C–N with tert-alkyl or cyclic N) is 1. The van der Waals surface area contributed by atoms with Gasteiger partial charge in [0.05, 0.1) is 39.4 Å². The Morgan fingerprint density at radius 1 is 0.943 bits per heavy atom. The van der Waals surface area contributed by atoms with Crippen LogP contribution in [0.4, 0.5) is 5.69 Å². The van der Waals surface area contributed by atoms with Crippen molar-refractivity contribution in [3.63, 3.8) is 0 Å². The second-order valence-electron chi connectivity index (χ2n) is 20.4. The first-order valence-electron chi connectivity index (χ1n) is 23.4. The molecule has 2 heterocycles. The molecule has 1 saturated heterocycles. The smallest absolute Gasteiger partial charge is 0.251 e. The Bertz CT molecular complexity index is 2710. The highest BCUT2D eigenvalue weighted by Gasteiger charge is 2.64. The number of aliphatic hydroxyl groups is 1. The number of aromatic nitrogens is 1. The van der Waals surface area contributed by atoms with E-state index in [4.69, 9.17) is 21.1 Å². The summed E-state index contributed by atoms with van der Waals surface area (Å²) >= 11 is 7.82. The van der Waals surface area contributed by atoms with Gasteiger partial charge in [0.25, 0.3) is 5.91 Å². The lowest BCUT2D eigenvalue weighted by atomic mass is 9.49. The molecule has 0 spiro atoms. The van der Waals surface area contributed by atoms with Gasteiger partial charge in [-0.1, -0.05) is 109 Å². The first-order chi connectivity index (χ1) is 33.2. The van der Waals surface area contributed by atoms with Crippen LogP contribution in [-0.4, -0.2) is 95.3 Å². The van der Waals surface area contributed by atoms with Crippen LogP contribution in [0.25, 0.3) is 21.6 Å². The zero-order valence-corrected chi connectivity index (χ0v) is 42.5. The van der Waals surface area contributed by atoms with E-state index in [1.165, 1.54) is 4.90 Å². The number of nitrogens with one attached hydrogen (secondary N) is 4. The summed E-state index contributed by atoms with van der Waals surface area (Å²) in [6.45, 7) is 16.3. The number of aryl methyl sites for hydroxylation is 1. The highest BCUT2D eigenvalue weighted by Crippen LogP contribution is 2.55. The van der Waals surface area contributed by atoms with Crippen LogP contribution < -0.4 is 26.0 Å². The summed E-state index contributed by atoms with van der Waals surface area (Å²) in [6.07, 6.45) is -0.997. The number of hydrogen-bond donors (Lipinski definition) is 5. The Balaban J connectivity index is 0.839. The molecule has 0 bridgehead atoms. The van der Waals surface area contributed by atoms with Crippen molar-refractivity contribution in [1.29, 1.82) is 5.26 Å². The van der Waals surface area contributed by atoms with E-state index >= 15 is 0 Å². The molecule has 2 aliphatic rings. The third-order valence-electron chi connectivity index (χ3n) is 13.3. The Morgan fingerprint density at radius 3 is 2.19 bits per heavy atom. The standard InChI is InChI=1S/C54H62ClN7O7S/c1-32-45(70-31-59-32)36-11-9-33(10-12-36)28-58-48(66)43-25-40(63)29-62(43)49(67)46(52(2,3)4)60-44(64)30-68-24-23-57-39-20-17-35(18-21-39)34-13-15-37(16-14-34)47(65)61-50-53(5,6)51(54(50,7)8)69-41-22-19-38(27-56)42(55)26-41/h9-22,26,31,40,43,46,50-51,57,63H,23-25,28-30H2,1-8H3,(H,58,66)(H,60,64)(H,61,65)/t40-,43+,46-,50?,51?/m1/s1. The lowest BCUT2D eigenvalue weighted by molar-refractivity contribution is -0.164. The number of ether oxygens (including phenoxy) is 2. The number of aliphatic hydroxyl groups excluding tert-OH is 1. The lowest BCUT2D eigenvalue weighted by Gasteiger charge is -2.63. The van der Waals surface area contributed by atoms with E-state index in [1.54, 1.807) is 29.5 Å². The third-order valence-corrected chi connectivity index (χ3v) is 14.6. The van der Waals surface area contributed by atoms with Gasteiger partial charge in [-0.25, -0.2) is 4.98 Å². The average Bonchev–Trinajstić information content (AvgIpc) is 3.95. The van der Waals surface area contributed by atoms with Gasteiger partial charge in [-0.3, -0.25) is 19.2 Å². The van der Waals surface area contributed by atoms with Gasteiger partial charge >= 0.3 is 0 Å². The van der Waals surface area contributed by atoms with Gasteiger partial charge in [-0.15, -0.1) is 11.3 Å². The summed E-state index contributed by atoms with van der Waals surface area (Å²) in [4.78, 5) is 60.9. The summed E-state index contributed by atoms with van der Waals surface area (Å²) in [6, 6.07) is 28.2. The highest BCUT2D eigenvalue weighted by atomic mass is 35.5. The first-order valence-corrected chi connectivity index (χ1v) is 24.7. The van der Waals surface area contributed by atoms with Gasteiger partial charge in [-0.2, -0.15) is 5.26 Å². The fourth-order valence-corrected chi connectivity index (χ4v) is 10.8. The Kier molecular flexibility index (Phi) is 15.7. The van der Waals surface area contributed by atoms with Gasteiger partial charge < -0.3 is 40.7 Å². The van der Waals surface area contributed by atoms with E-state index in [0.29, 0.717) is 28.4 Å². The maximum atomic E-state index is 14.0. The van der Waals surface area contributed by atoms with Crippen LogP contribution in [0.15, 0.2) is 96.5 Å². The monoisotopic (exact) mass is 987 g/mol. The molecule has 1 aliphatic carbocycles. The van der Waals surface area contributed by atoms with Crippen molar-refractivity contribution in [2.24, 2.45) is 16.2 Å². The van der Waals surface area contributed by atoms with Crippen LogP contribution >= 0.6 is 22.9 Å². The fourth-order valence-electron chi connectivity index (χ4n) is 9.82. The number of thiazole rings is 1. The number of carbonyl (C=O) groups is 4. The number of likely N-dealkylation sites (tertiary alicyclic amines) is 1. The number of carbonyl (C=O) groups excluding carboxylic acids is 4. The van der Waals surface area contributed by atoms with Crippen molar-refractivity contribution in [3.8, 4) is 33.4 Å². The van der Waals surface area contributed by atoms with Crippen molar-refractivity contribution in [2.45, 2.75) is 98.7 Å². The number of nitriles is 1. The molecule has 368 valence electrons. The molecule has 4 amide bonds. The number of anilines is 1. The molecule has 4 aromatic carbocycles. The zero-order chi connectivity index (χ0) is 50.5. The number of rotatable bonds is 17. The fraction of sp³-hybridized carbons (Fsp3) is 0.407. The molecule has 5 aromatic rings. The minimum absolute atomic E-state index is 0.0202. The predicted molar refractivity (Wildman–Crippen MR) is 272 cm³/mol. The maximum absolute atomic E-state index is 14.0. The summed E-state index contributed by atoms with van der Waals surface area (Å²) in [5, 5.41) is 32.5. The van der Waals surface area contributed by atoms with Crippen LogP contribution in [0.1, 0.15) is 82.1 Å². The first kappa shape index (κ1) is 51.5. The predicted octanol–water partition coefficient (Wildman–Crippen LogP) is 8.16. The molecule has 16 heteroatoms. The number of amides is 4.